The fraction of sp³-hybridized carbons (Fsp3) is 0.941. The SMILES string of the molecule is C1CC2(CCN1)CC(C13CC4CC(CC(C4)C1)C3)=NO2. The molecule has 0 aromatic heterocycles. The average Bonchev–Trinajstić information content (AvgIpc) is 2.83. The summed E-state index contributed by atoms with van der Waals surface area (Å²) in [5.74, 6) is 3.02. The van der Waals surface area contributed by atoms with Crippen LogP contribution in [-0.2, 0) is 4.84 Å². The second-order valence-corrected chi connectivity index (χ2v) is 8.44. The smallest absolute Gasteiger partial charge is 0.145 e. The van der Waals surface area contributed by atoms with Crippen LogP contribution >= 0.6 is 0 Å². The van der Waals surface area contributed by atoms with Crippen molar-refractivity contribution >= 4 is 5.71 Å². The van der Waals surface area contributed by atoms with Gasteiger partial charge in [0.1, 0.15) is 5.60 Å². The predicted molar refractivity (Wildman–Crippen MR) is 78.6 cm³/mol. The van der Waals surface area contributed by atoms with E-state index in [4.69, 9.17) is 9.99 Å². The maximum Gasteiger partial charge on any atom is 0.145 e. The van der Waals surface area contributed by atoms with Gasteiger partial charge in [-0.25, -0.2) is 0 Å². The van der Waals surface area contributed by atoms with Crippen molar-refractivity contribution in [3.63, 3.8) is 0 Å². The molecule has 1 spiro atoms. The molecule has 2 aliphatic heterocycles. The number of rotatable bonds is 1. The molecule has 6 aliphatic rings. The zero-order chi connectivity index (χ0) is 13.2. The van der Waals surface area contributed by atoms with E-state index in [1.54, 1.807) is 0 Å². The largest absolute Gasteiger partial charge is 0.389 e. The molecule has 1 saturated heterocycles. The van der Waals surface area contributed by atoms with E-state index < -0.39 is 0 Å². The monoisotopic (exact) mass is 274 g/mol. The second kappa shape index (κ2) is 4.00. The van der Waals surface area contributed by atoms with E-state index >= 15 is 0 Å². The van der Waals surface area contributed by atoms with Crippen molar-refractivity contribution in [2.45, 2.75) is 63.4 Å². The van der Waals surface area contributed by atoms with Crippen LogP contribution in [0.2, 0.25) is 0 Å². The van der Waals surface area contributed by atoms with Crippen molar-refractivity contribution in [3.8, 4) is 0 Å². The van der Waals surface area contributed by atoms with E-state index in [0.29, 0.717) is 5.41 Å². The van der Waals surface area contributed by atoms with Crippen LogP contribution in [0.1, 0.15) is 57.8 Å². The van der Waals surface area contributed by atoms with Crippen LogP contribution in [-0.4, -0.2) is 24.4 Å². The molecular formula is C17H26N2O. The van der Waals surface area contributed by atoms with Gasteiger partial charge in [0.15, 0.2) is 0 Å². The number of nitrogens with one attached hydrogen (secondary N) is 1. The number of oxime groups is 1. The average molecular weight is 274 g/mol. The summed E-state index contributed by atoms with van der Waals surface area (Å²) in [6.45, 7) is 2.20. The van der Waals surface area contributed by atoms with Crippen LogP contribution in [0.15, 0.2) is 5.16 Å². The fourth-order valence-corrected chi connectivity index (χ4v) is 6.42. The lowest BCUT2D eigenvalue weighted by Crippen LogP contribution is -2.51. The van der Waals surface area contributed by atoms with Crippen LogP contribution < -0.4 is 5.32 Å². The molecule has 4 bridgehead atoms. The molecule has 0 aromatic rings. The number of piperidine rings is 1. The number of hydrogen-bond donors (Lipinski definition) is 1. The highest BCUT2D eigenvalue weighted by Gasteiger charge is 2.56. The highest BCUT2D eigenvalue weighted by molar-refractivity contribution is 5.92. The second-order valence-electron chi connectivity index (χ2n) is 8.44. The third kappa shape index (κ3) is 1.65. The van der Waals surface area contributed by atoms with Crippen LogP contribution in [0.4, 0.5) is 0 Å². The molecular weight excluding hydrogens is 248 g/mol. The molecule has 20 heavy (non-hydrogen) atoms. The summed E-state index contributed by atoms with van der Waals surface area (Å²) in [6.07, 6.45) is 12.3. The Kier molecular flexibility index (Phi) is 2.40. The first-order valence-electron chi connectivity index (χ1n) is 8.72. The molecule has 5 fully saturated rings. The molecule has 0 atom stereocenters. The quantitative estimate of drug-likeness (QED) is 0.797. The van der Waals surface area contributed by atoms with E-state index in [-0.39, 0.29) is 5.60 Å². The third-order valence-electron chi connectivity index (χ3n) is 7.00. The third-order valence-corrected chi connectivity index (χ3v) is 7.00. The molecule has 4 aliphatic carbocycles. The maximum absolute atomic E-state index is 6.03. The summed E-state index contributed by atoms with van der Waals surface area (Å²) < 4.78 is 0. The molecule has 3 nitrogen and oxygen atoms in total. The lowest BCUT2D eigenvalue weighted by molar-refractivity contribution is -0.0400. The molecule has 2 heterocycles. The molecule has 6 rings (SSSR count). The molecule has 110 valence electrons. The molecule has 1 N–H and O–H groups in total. The Bertz CT molecular complexity index is 415. The van der Waals surface area contributed by atoms with Gasteiger partial charge in [0.25, 0.3) is 0 Å². The Morgan fingerprint density at radius 3 is 2.15 bits per heavy atom. The van der Waals surface area contributed by atoms with Gasteiger partial charge >= 0.3 is 0 Å². The topological polar surface area (TPSA) is 33.6 Å². The van der Waals surface area contributed by atoms with Gasteiger partial charge in [-0.05, 0) is 69.4 Å². The van der Waals surface area contributed by atoms with Crippen molar-refractivity contribution in [1.29, 1.82) is 0 Å². The van der Waals surface area contributed by atoms with Crippen LogP contribution in [0, 0.1) is 23.2 Å². The normalized spacial score (nSPS) is 48.4. The van der Waals surface area contributed by atoms with E-state index in [0.717, 1.165) is 50.1 Å². The summed E-state index contributed by atoms with van der Waals surface area (Å²) in [5.41, 5.74) is 2.01. The summed E-state index contributed by atoms with van der Waals surface area (Å²) in [4.78, 5) is 6.03. The van der Waals surface area contributed by atoms with Gasteiger partial charge in [-0.15, -0.1) is 0 Å². The lowest BCUT2D eigenvalue weighted by Gasteiger charge is -2.56. The van der Waals surface area contributed by atoms with Crippen molar-refractivity contribution in [1.82, 2.24) is 5.32 Å². The Hall–Kier alpha value is -0.570. The summed E-state index contributed by atoms with van der Waals surface area (Å²) >= 11 is 0. The van der Waals surface area contributed by atoms with Gasteiger partial charge in [-0.3, -0.25) is 0 Å². The predicted octanol–water partition coefficient (Wildman–Crippen LogP) is 3.10. The van der Waals surface area contributed by atoms with Crippen molar-refractivity contribution in [2.24, 2.45) is 28.3 Å². The molecule has 3 heteroatoms. The lowest BCUT2D eigenvalue weighted by atomic mass is 9.48. The standard InChI is InChI=1S/C17H26N2O/c1-3-18-4-2-17(1)11-15(19-20-17)16-8-12-5-13(9-16)7-14(6-12)10-16/h12-14,18H,1-11H2. The first kappa shape index (κ1) is 12.0. The molecule has 0 radical (unpaired) electrons. The molecule has 0 aromatic carbocycles. The molecule has 0 amide bonds. The number of hydrogen-bond acceptors (Lipinski definition) is 3. The summed E-state index contributed by atoms with van der Waals surface area (Å²) in [7, 11) is 0. The highest BCUT2D eigenvalue weighted by atomic mass is 16.7. The van der Waals surface area contributed by atoms with E-state index in [1.165, 1.54) is 44.2 Å². The van der Waals surface area contributed by atoms with Crippen molar-refractivity contribution in [2.75, 3.05) is 13.1 Å². The molecule has 0 unspecified atom stereocenters. The van der Waals surface area contributed by atoms with E-state index in [1.807, 2.05) is 0 Å². The van der Waals surface area contributed by atoms with Gasteiger partial charge in [0, 0.05) is 24.7 Å². The maximum atomic E-state index is 6.03. The van der Waals surface area contributed by atoms with Crippen LogP contribution in [0.5, 0.6) is 0 Å². The summed E-state index contributed by atoms with van der Waals surface area (Å²) in [6, 6.07) is 0. The Balaban J connectivity index is 1.41. The zero-order valence-corrected chi connectivity index (χ0v) is 12.4. The Labute approximate surface area is 121 Å². The first-order chi connectivity index (χ1) is 9.75. The van der Waals surface area contributed by atoms with Crippen LogP contribution in [0.25, 0.3) is 0 Å². The van der Waals surface area contributed by atoms with Gasteiger partial charge in [-0.2, -0.15) is 0 Å². The summed E-state index contributed by atoms with van der Waals surface area (Å²) in [5, 5.41) is 8.15. The van der Waals surface area contributed by atoms with E-state index in [2.05, 4.69) is 5.32 Å². The minimum atomic E-state index is 0.0733. The molecule has 4 saturated carbocycles. The van der Waals surface area contributed by atoms with Crippen molar-refractivity contribution < 1.29 is 4.84 Å². The first-order valence-corrected chi connectivity index (χ1v) is 8.72. The Morgan fingerprint density at radius 1 is 0.950 bits per heavy atom. The number of nitrogens with zero attached hydrogens (tertiary/aromatic N) is 1. The minimum absolute atomic E-state index is 0.0733. The van der Waals surface area contributed by atoms with Gasteiger partial charge in [0.2, 0.25) is 0 Å². The zero-order valence-electron chi connectivity index (χ0n) is 12.4. The minimum Gasteiger partial charge on any atom is -0.389 e. The van der Waals surface area contributed by atoms with Gasteiger partial charge in [0.05, 0.1) is 5.71 Å². The van der Waals surface area contributed by atoms with Crippen molar-refractivity contribution in [3.05, 3.63) is 0 Å². The highest BCUT2D eigenvalue weighted by Crippen LogP contribution is 2.62. The van der Waals surface area contributed by atoms with Gasteiger partial charge in [-0.1, -0.05) is 5.16 Å². The van der Waals surface area contributed by atoms with Crippen LogP contribution in [0.3, 0.4) is 0 Å². The Morgan fingerprint density at radius 2 is 1.55 bits per heavy atom. The fourth-order valence-electron chi connectivity index (χ4n) is 6.42. The van der Waals surface area contributed by atoms with E-state index in [9.17, 15) is 0 Å². The van der Waals surface area contributed by atoms with Gasteiger partial charge < -0.3 is 10.2 Å².